The lowest BCUT2D eigenvalue weighted by atomic mass is 9.55. The van der Waals surface area contributed by atoms with Crippen molar-refractivity contribution in [3.8, 4) is 11.5 Å². The van der Waals surface area contributed by atoms with E-state index in [1.807, 2.05) is 31.2 Å². The smallest absolute Gasteiger partial charge is 0.168 e. The molecular weight excluding hydrogens is 350 g/mol. The predicted molar refractivity (Wildman–Crippen MR) is 111 cm³/mol. The lowest BCUT2D eigenvalue weighted by molar-refractivity contribution is -0.0795. The van der Waals surface area contributed by atoms with Gasteiger partial charge in [0.05, 0.1) is 19.3 Å². The summed E-state index contributed by atoms with van der Waals surface area (Å²) in [5.74, 6) is 4.97. The number of aliphatic hydroxyl groups is 1. The van der Waals surface area contributed by atoms with Gasteiger partial charge in [-0.25, -0.2) is 0 Å². The van der Waals surface area contributed by atoms with E-state index >= 15 is 0 Å². The van der Waals surface area contributed by atoms with Gasteiger partial charge in [0.1, 0.15) is 6.10 Å². The Morgan fingerprint density at radius 1 is 1.04 bits per heavy atom. The molecule has 4 heteroatoms. The molecule has 1 atom stereocenters. The van der Waals surface area contributed by atoms with Crippen molar-refractivity contribution < 1.29 is 14.6 Å². The molecule has 0 unspecified atom stereocenters. The Labute approximate surface area is 167 Å². The van der Waals surface area contributed by atoms with Gasteiger partial charge >= 0.3 is 0 Å². The van der Waals surface area contributed by atoms with Crippen molar-refractivity contribution in [2.75, 3.05) is 13.7 Å². The number of methoxy groups -OCH3 is 1. The molecule has 150 valence electrons. The zero-order valence-electron chi connectivity index (χ0n) is 16.9. The quantitative estimate of drug-likeness (QED) is 0.814. The van der Waals surface area contributed by atoms with E-state index in [0.29, 0.717) is 17.9 Å². The van der Waals surface area contributed by atoms with E-state index in [9.17, 15) is 5.11 Å². The topological polar surface area (TPSA) is 64.7 Å². The van der Waals surface area contributed by atoms with Gasteiger partial charge in [-0.15, -0.1) is 0 Å². The van der Waals surface area contributed by atoms with Crippen LogP contribution in [0.2, 0.25) is 0 Å². The van der Waals surface area contributed by atoms with Crippen LogP contribution in [-0.2, 0) is 5.54 Å². The van der Waals surface area contributed by atoms with Crippen molar-refractivity contribution in [2.45, 2.75) is 50.7 Å². The minimum Gasteiger partial charge on any atom is -0.492 e. The first kappa shape index (κ1) is 18.3. The van der Waals surface area contributed by atoms with Crippen LogP contribution in [0, 0.1) is 23.7 Å². The normalized spacial score (nSPS) is 33.1. The Morgan fingerprint density at radius 2 is 1.71 bits per heavy atom. The predicted octanol–water partition coefficient (Wildman–Crippen LogP) is 4.22. The minimum absolute atomic E-state index is 0.0940. The fraction of sp³-hybridized carbons (Fsp3) is 0.583. The molecule has 4 nitrogen and oxygen atoms in total. The first-order chi connectivity index (χ1) is 13.5. The Hall–Kier alpha value is -1.78. The fourth-order valence-corrected chi connectivity index (χ4v) is 6.25. The number of aliphatic hydroxyl groups excluding tert-OH is 1. The van der Waals surface area contributed by atoms with E-state index in [4.69, 9.17) is 15.2 Å². The van der Waals surface area contributed by atoms with Crippen LogP contribution in [-0.4, -0.2) is 24.9 Å². The molecule has 4 fully saturated rings. The van der Waals surface area contributed by atoms with Crippen molar-refractivity contribution in [1.82, 2.24) is 0 Å². The summed E-state index contributed by atoms with van der Waals surface area (Å²) < 4.78 is 12.4. The zero-order chi connectivity index (χ0) is 19.5. The van der Waals surface area contributed by atoms with Crippen molar-refractivity contribution in [3.63, 3.8) is 0 Å². The van der Waals surface area contributed by atoms with Crippen LogP contribution in [0.1, 0.15) is 44.6 Å². The van der Waals surface area contributed by atoms with Crippen LogP contribution in [0.4, 0.5) is 0 Å². The second-order valence-electron chi connectivity index (χ2n) is 9.62. The molecule has 2 aromatic carbocycles. The summed E-state index contributed by atoms with van der Waals surface area (Å²) >= 11 is 0. The molecule has 0 aromatic heterocycles. The Balaban J connectivity index is 1.47. The van der Waals surface area contributed by atoms with E-state index < -0.39 is 5.54 Å². The highest BCUT2D eigenvalue weighted by Gasteiger charge is 2.49. The highest BCUT2D eigenvalue weighted by Crippen LogP contribution is 2.55. The maximum atomic E-state index is 9.58. The largest absolute Gasteiger partial charge is 0.492 e. The second kappa shape index (κ2) is 6.64. The summed E-state index contributed by atoms with van der Waals surface area (Å²) in [7, 11) is 1.72. The van der Waals surface area contributed by atoms with Gasteiger partial charge in [-0.1, -0.05) is 18.2 Å². The van der Waals surface area contributed by atoms with Crippen molar-refractivity contribution in [1.29, 1.82) is 0 Å². The maximum Gasteiger partial charge on any atom is 0.168 e. The van der Waals surface area contributed by atoms with Crippen LogP contribution in [0.3, 0.4) is 0 Å². The van der Waals surface area contributed by atoms with E-state index in [1.165, 1.54) is 32.1 Å². The third kappa shape index (κ3) is 2.89. The van der Waals surface area contributed by atoms with Gasteiger partial charge in [-0.05, 0) is 85.8 Å². The molecule has 0 aliphatic heterocycles. The lowest BCUT2D eigenvalue weighted by Crippen LogP contribution is -2.50. The third-order valence-corrected chi connectivity index (χ3v) is 7.53. The fourth-order valence-electron chi connectivity index (χ4n) is 6.25. The van der Waals surface area contributed by atoms with Crippen molar-refractivity contribution in [2.24, 2.45) is 29.4 Å². The summed E-state index contributed by atoms with van der Waals surface area (Å²) in [4.78, 5) is 0. The van der Waals surface area contributed by atoms with Crippen LogP contribution < -0.4 is 15.2 Å². The van der Waals surface area contributed by atoms with Gasteiger partial charge < -0.3 is 20.3 Å². The summed E-state index contributed by atoms with van der Waals surface area (Å²) in [6.07, 6.45) is 7.15. The number of nitrogens with two attached hydrogens (primary N) is 1. The van der Waals surface area contributed by atoms with E-state index in [1.54, 1.807) is 7.11 Å². The number of rotatable bonds is 5. The molecule has 3 N–H and O–H groups in total. The average Bonchev–Trinajstić information content (AvgIpc) is 2.69. The Bertz CT molecular complexity index is 863. The number of hydrogen-bond donors (Lipinski definition) is 2. The molecule has 2 aromatic rings. The zero-order valence-corrected chi connectivity index (χ0v) is 16.9. The van der Waals surface area contributed by atoms with Crippen molar-refractivity contribution >= 4 is 10.8 Å². The van der Waals surface area contributed by atoms with Crippen LogP contribution >= 0.6 is 0 Å². The average molecular weight is 382 g/mol. The number of fused-ring (bicyclic) bond motifs is 1. The molecule has 0 saturated heterocycles. The Kier molecular flexibility index (Phi) is 4.33. The van der Waals surface area contributed by atoms with Gasteiger partial charge in [0.25, 0.3) is 0 Å². The van der Waals surface area contributed by atoms with Crippen LogP contribution in [0.25, 0.3) is 10.8 Å². The number of ether oxygens (including phenoxy) is 2. The van der Waals surface area contributed by atoms with E-state index in [2.05, 4.69) is 6.07 Å². The summed E-state index contributed by atoms with van der Waals surface area (Å²) in [5, 5.41) is 11.7. The molecule has 0 heterocycles. The summed E-state index contributed by atoms with van der Waals surface area (Å²) in [6.45, 7) is 1.75. The van der Waals surface area contributed by atoms with Crippen LogP contribution in [0.5, 0.6) is 11.5 Å². The molecule has 28 heavy (non-hydrogen) atoms. The molecule has 4 aliphatic carbocycles. The minimum atomic E-state index is -0.753. The molecular formula is C24H31NO3. The van der Waals surface area contributed by atoms with Gasteiger partial charge in [0, 0.05) is 5.39 Å². The van der Waals surface area contributed by atoms with Gasteiger partial charge in [0.2, 0.25) is 0 Å². The highest BCUT2D eigenvalue weighted by molar-refractivity contribution is 5.91. The molecule has 0 radical (unpaired) electrons. The van der Waals surface area contributed by atoms with E-state index in [-0.39, 0.29) is 6.61 Å². The SMILES string of the molecule is COc1c(OC2C3CC4CC(C3)CC2C4)ccc2cc([C@@](C)(N)CO)ccc12. The molecule has 4 saturated carbocycles. The van der Waals surface area contributed by atoms with E-state index in [0.717, 1.165) is 39.7 Å². The standard InChI is InChI=1S/C24H31NO3/c1-24(25,13-26)19-4-5-20-16(12-19)3-6-21(23(20)27-2)28-22-17-8-14-7-15(10-17)11-18(22)9-14/h3-6,12,14-15,17-18,22,26H,7-11,13,25H2,1-2H3/t14?,15?,17?,18?,22?,24-/m0/s1. The van der Waals surface area contributed by atoms with Gasteiger partial charge in [-0.2, -0.15) is 0 Å². The molecule has 4 aliphatic rings. The molecule has 0 amide bonds. The van der Waals surface area contributed by atoms with Gasteiger partial charge in [0.15, 0.2) is 11.5 Å². The van der Waals surface area contributed by atoms with Gasteiger partial charge in [-0.3, -0.25) is 0 Å². The third-order valence-electron chi connectivity index (χ3n) is 7.53. The second-order valence-corrected chi connectivity index (χ2v) is 9.62. The molecule has 6 rings (SSSR count). The number of benzene rings is 2. The maximum absolute atomic E-state index is 9.58. The van der Waals surface area contributed by atoms with Crippen molar-refractivity contribution in [3.05, 3.63) is 35.9 Å². The molecule has 0 spiro atoms. The Morgan fingerprint density at radius 3 is 2.32 bits per heavy atom. The monoisotopic (exact) mass is 381 g/mol. The molecule has 4 bridgehead atoms. The highest BCUT2D eigenvalue weighted by atomic mass is 16.5. The first-order valence-corrected chi connectivity index (χ1v) is 10.7. The summed E-state index contributed by atoms with van der Waals surface area (Å²) in [5.41, 5.74) is 6.38. The van der Waals surface area contributed by atoms with Crippen LogP contribution in [0.15, 0.2) is 30.3 Å². The first-order valence-electron chi connectivity index (χ1n) is 10.7. The lowest BCUT2D eigenvalue weighted by Gasteiger charge is -2.53. The summed E-state index contributed by atoms with van der Waals surface area (Å²) in [6, 6.07) is 10.2. The number of hydrogen-bond acceptors (Lipinski definition) is 4.